The maximum atomic E-state index is 9.71. The fourth-order valence-electron chi connectivity index (χ4n) is 1.46. The van der Waals surface area contributed by atoms with Crippen molar-refractivity contribution in [2.24, 2.45) is 0 Å². The maximum Gasteiger partial charge on any atom is 0.0863 e. The predicted molar refractivity (Wildman–Crippen MR) is 75.9 cm³/mol. The molecule has 0 aliphatic rings. The van der Waals surface area contributed by atoms with Gasteiger partial charge in [-0.3, -0.25) is 0 Å². The highest BCUT2D eigenvalue weighted by Gasteiger charge is 2.04. The Labute approximate surface area is 113 Å². The summed E-state index contributed by atoms with van der Waals surface area (Å²) >= 11 is 1.74. The van der Waals surface area contributed by atoms with Crippen LogP contribution >= 0.6 is 11.8 Å². The van der Waals surface area contributed by atoms with E-state index in [0.717, 1.165) is 30.1 Å². The normalized spacial score (nSPS) is 12.6. The Morgan fingerprint density at radius 3 is 2.78 bits per heavy atom. The number of hydrogen-bond donors (Lipinski definition) is 1. The molecule has 1 N–H and O–H groups in total. The SMILES string of the molecule is COCCCSCC(O)COCc1ccccc1. The minimum Gasteiger partial charge on any atom is -0.390 e. The number of aliphatic hydroxyl groups excluding tert-OH is 1. The largest absolute Gasteiger partial charge is 0.390 e. The maximum absolute atomic E-state index is 9.71. The Bertz CT molecular complexity index is 292. The Morgan fingerprint density at radius 1 is 1.28 bits per heavy atom. The first-order chi connectivity index (χ1) is 8.83. The Hall–Kier alpha value is -0.550. The van der Waals surface area contributed by atoms with E-state index in [1.165, 1.54) is 0 Å². The average Bonchev–Trinajstić information content (AvgIpc) is 2.40. The lowest BCUT2D eigenvalue weighted by Crippen LogP contribution is -2.18. The molecule has 1 aromatic carbocycles. The molecule has 1 unspecified atom stereocenters. The van der Waals surface area contributed by atoms with E-state index in [-0.39, 0.29) is 6.10 Å². The van der Waals surface area contributed by atoms with Gasteiger partial charge in [-0.2, -0.15) is 11.8 Å². The van der Waals surface area contributed by atoms with Gasteiger partial charge in [0.15, 0.2) is 0 Å². The van der Waals surface area contributed by atoms with Gasteiger partial charge in [0.05, 0.1) is 19.3 Å². The highest BCUT2D eigenvalue weighted by Crippen LogP contribution is 2.07. The first-order valence-electron chi connectivity index (χ1n) is 6.19. The monoisotopic (exact) mass is 270 g/mol. The molecule has 0 radical (unpaired) electrons. The summed E-state index contributed by atoms with van der Waals surface area (Å²) in [5, 5.41) is 9.71. The first-order valence-corrected chi connectivity index (χ1v) is 7.35. The lowest BCUT2D eigenvalue weighted by atomic mass is 10.2. The Morgan fingerprint density at radius 2 is 2.06 bits per heavy atom. The molecule has 0 spiro atoms. The zero-order valence-corrected chi connectivity index (χ0v) is 11.7. The van der Waals surface area contributed by atoms with Gasteiger partial charge in [0.1, 0.15) is 0 Å². The second kappa shape index (κ2) is 10.4. The van der Waals surface area contributed by atoms with Gasteiger partial charge in [0.25, 0.3) is 0 Å². The van der Waals surface area contributed by atoms with Crippen molar-refractivity contribution in [3.8, 4) is 0 Å². The molecule has 0 aliphatic heterocycles. The third-order valence-corrected chi connectivity index (χ3v) is 3.57. The van der Waals surface area contributed by atoms with E-state index in [0.29, 0.717) is 13.2 Å². The van der Waals surface area contributed by atoms with E-state index < -0.39 is 0 Å². The predicted octanol–water partition coefficient (Wildman–Crippen LogP) is 2.33. The molecule has 0 amide bonds. The molecular weight excluding hydrogens is 248 g/mol. The van der Waals surface area contributed by atoms with Crippen LogP contribution in [0, 0.1) is 0 Å². The van der Waals surface area contributed by atoms with Gasteiger partial charge in [-0.15, -0.1) is 0 Å². The summed E-state index contributed by atoms with van der Waals surface area (Å²) in [7, 11) is 1.71. The van der Waals surface area contributed by atoms with Gasteiger partial charge < -0.3 is 14.6 Å². The van der Waals surface area contributed by atoms with Crippen molar-refractivity contribution in [2.45, 2.75) is 19.1 Å². The molecule has 18 heavy (non-hydrogen) atoms. The van der Waals surface area contributed by atoms with Gasteiger partial charge in [0, 0.05) is 19.5 Å². The van der Waals surface area contributed by atoms with Crippen molar-refractivity contribution in [3.63, 3.8) is 0 Å². The van der Waals surface area contributed by atoms with Gasteiger partial charge in [-0.25, -0.2) is 0 Å². The molecule has 0 aromatic heterocycles. The van der Waals surface area contributed by atoms with Gasteiger partial charge in [-0.05, 0) is 17.7 Å². The number of thioether (sulfide) groups is 1. The van der Waals surface area contributed by atoms with Crippen molar-refractivity contribution in [2.75, 3.05) is 31.8 Å². The van der Waals surface area contributed by atoms with E-state index in [9.17, 15) is 5.11 Å². The van der Waals surface area contributed by atoms with Crippen LogP contribution in [0.25, 0.3) is 0 Å². The van der Waals surface area contributed by atoms with Crippen LogP contribution in [0.15, 0.2) is 30.3 Å². The summed E-state index contributed by atoms with van der Waals surface area (Å²) in [6.45, 7) is 1.74. The molecule has 0 saturated heterocycles. The lowest BCUT2D eigenvalue weighted by molar-refractivity contribution is 0.0398. The number of aliphatic hydroxyl groups is 1. The molecule has 0 saturated carbocycles. The van der Waals surface area contributed by atoms with Crippen LogP contribution in [0.1, 0.15) is 12.0 Å². The van der Waals surface area contributed by atoms with Crippen molar-refractivity contribution in [3.05, 3.63) is 35.9 Å². The molecule has 1 rings (SSSR count). The van der Waals surface area contributed by atoms with Crippen LogP contribution in [0.4, 0.5) is 0 Å². The number of ether oxygens (including phenoxy) is 2. The van der Waals surface area contributed by atoms with E-state index in [4.69, 9.17) is 9.47 Å². The molecule has 1 atom stereocenters. The minimum atomic E-state index is -0.388. The smallest absolute Gasteiger partial charge is 0.0863 e. The van der Waals surface area contributed by atoms with Crippen LogP contribution in [0.3, 0.4) is 0 Å². The second-order valence-corrected chi connectivity index (χ2v) is 5.23. The number of hydrogen-bond acceptors (Lipinski definition) is 4. The molecular formula is C14H22O3S. The summed E-state index contributed by atoms with van der Waals surface area (Å²) < 4.78 is 10.4. The topological polar surface area (TPSA) is 38.7 Å². The van der Waals surface area contributed by atoms with Crippen molar-refractivity contribution in [1.82, 2.24) is 0 Å². The summed E-state index contributed by atoms with van der Waals surface area (Å²) in [6.07, 6.45) is 0.639. The van der Waals surface area contributed by atoms with Gasteiger partial charge >= 0.3 is 0 Å². The van der Waals surface area contributed by atoms with Crippen LogP contribution in [0.5, 0.6) is 0 Å². The summed E-state index contributed by atoms with van der Waals surface area (Å²) in [5.41, 5.74) is 1.14. The standard InChI is InChI=1S/C14H22O3S/c1-16-8-5-9-18-12-14(15)11-17-10-13-6-3-2-4-7-13/h2-4,6-7,14-15H,5,8-12H2,1H3. The third-order valence-electron chi connectivity index (χ3n) is 2.37. The summed E-state index contributed by atoms with van der Waals surface area (Å²) in [5.74, 6) is 1.74. The number of methoxy groups -OCH3 is 1. The van der Waals surface area contributed by atoms with Crippen molar-refractivity contribution >= 4 is 11.8 Å². The molecule has 0 aliphatic carbocycles. The van der Waals surface area contributed by atoms with Crippen molar-refractivity contribution in [1.29, 1.82) is 0 Å². The second-order valence-electron chi connectivity index (χ2n) is 4.08. The molecule has 102 valence electrons. The number of rotatable bonds is 10. The van der Waals surface area contributed by atoms with Gasteiger partial charge in [-0.1, -0.05) is 30.3 Å². The summed E-state index contributed by atoms with van der Waals surface area (Å²) in [4.78, 5) is 0. The molecule has 0 bridgehead atoms. The van der Waals surface area contributed by atoms with E-state index in [1.807, 2.05) is 30.3 Å². The highest BCUT2D eigenvalue weighted by molar-refractivity contribution is 7.99. The fourth-order valence-corrected chi connectivity index (χ4v) is 2.32. The third kappa shape index (κ3) is 7.71. The van der Waals surface area contributed by atoms with E-state index >= 15 is 0 Å². The quantitative estimate of drug-likeness (QED) is 0.662. The van der Waals surface area contributed by atoms with Crippen LogP contribution in [-0.4, -0.2) is 43.0 Å². The molecule has 0 heterocycles. The zero-order chi connectivity index (χ0) is 13.1. The zero-order valence-electron chi connectivity index (χ0n) is 10.9. The Balaban J connectivity index is 1.98. The number of benzene rings is 1. The van der Waals surface area contributed by atoms with E-state index in [2.05, 4.69) is 0 Å². The van der Waals surface area contributed by atoms with Crippen LogP contribution in [-0.2, 0) is 16.1 Å². The molecule has 3 nitrogen and oxygen atoms in total. The Kier molecular flexibility index (Phi) is 8.94. The van der Waals surface area contributed by atoms with Crippen LogP contribution < -0.4 is 0 Å². The molecule has 0 fully saturated rings. The van der Waals surface area contributed by atoms with Crippen LogP contribution in [0.2, 0.25) is 0 Å². The highest BCUT2D eigenvalue weighted by atomic mass is 32.2. The summed E-state index contributed by atoms with van der Waals surface area (Å²) in [6, 6.07) is 9.99. The van der Waals surface area contributed by atoms with E-state index in [1.54, 1.807) is 18.9 Å². The van der Waals surface area contributed by atoms with Crippen molar-refractivity contribution < 1.29 is 14.6 Å². The molecule has 1 aromatic rings. The first kappa shape index (κ1) is 15.5. The fraction of sp³-hybridized carbons (Fsp3) is 0.571. The molecule has 4 heteroatoms. The lowest BCUT2D eigenvalue weighted by Gasteiger charge is -2.11. The average molecular weight is 270 g/mol. The minimum absolute atomic E-state index is 0.388. The van der Waals surface area contributed by atoms with Gasteiger partial charge in [0.2, 0.25) is 0 Å².